The zero-order chi connectivity index (χ0) is 18.2. The van der Waals surface area contributed by atoms with E-state index < -0.39 is 17.9 Å². The Bertz CT molecular complexity index is 701. The minimum Gasteiger partial charge on any atom is -0.449 e. The van der Waals surface area contributed by atoms with E-state index in [0.717, 1.165) is 12.8 Å². The van der Waals surface area contributed by atoms with Crippen molar-refractivity contribution in [2.45, 2.75) is 38.8 Å². The Morgan fingerprint density at radius 3 is 2.32 bits per heavy atom. The maximum absolute atomic E-state index is 12.9. The fourth-order valence-corrected chi connectivity index (χ4v) is 2.33. The molecule has 0 unspecified atom stereocenters. The van der Waals surface area contributed by atoms with Gasteiger partial charge in [-0.05, 0) is 56.5 Å². The molecular weight excluding hydrogens is 321 g/mol. The molecule has 0 saturated carbocycles. The van der Waals surface area contributed by atoms with Crippen molar-refractivity contribution in [2.24, 2.45) is 0 Å². The summed E-state index contributed by atoms with van der Waals surface area (Å²) in [5.74, 6) is -1.44. The third-order valence-electron chi connectivity index (χ3n) is 3.83. The van der Waals surface area contributed by atoms with Gasteiger partial charge >= 0.3 is 5.97 Å². The van der Waals surface area contributed by atoms with Crippen LogP contribution in [0.2, 0.25) is 0 Å². The van der Waals surface area contributed by atoms with Crippen molar-refractivity contribution in [3.8, 4) is 0 Å². The van der Waals surface area contributed by atoms with Crippen LogP contribution in [0, 0.1) is 5.82 Å². The van der Waals surface area contributed by atoms with E-state index >= 15 is 0 Å². The number of rotatable bonds is 7. The number of amides is 1. The third-order valence-corrected chi connectivity index (χ3v) is 3.83. The van der Waals surface area contributed by atoms with Gasteiger partial charge in [0.05, 0.1) is 5.56 Å². The molecule has 2 aromatic carbocycles. The number of hydrogen-bond donors (Lipinski definition) is 1. The van der Waals surface area contributed by atoms with E-state index in [4.69, 9.17) is 4.74 Å². The Hall–Kier alpha value is -2.69. The maximum Gasteiger partial charge on any atom is 0.338 e. The van der Waals surface area contributed by atoms with E-state index in [-0.39, 0.29) is 17.5 Å². The van der Waals surface area contributed by atoms with Crippen LogP contribution in [0.15, 0.2) is 54.6 Å². The van der Waals surface area contributed by atoms with Gasteiger partial charge in [0.1, 0.15) is 5.82 Å². The van der Waals surface area contributed by atoms with Crippen molar-refractivity contribution < 1.29 is 18.7 Å². The molecule has 25 heavy (non-hydrogen) atoms. The first-order valence-electron chi connectivity index (χ1n) is 8.26. The lowest BCUT2D eigenvalue weighted by molar-refractivity contribution is -0.129. The Balaban J connectivity index is 1.79. The highest BCUT2D eigenvalue weighted by atomic mass is 19.1. The van der Waals surface area contributed by atoms with E-state index in [1.807, 2.05) is 37.3 Å². The van der Waals surface area contributed by atoms with Crippen molar-refractivity contribution in [3.05, 3.63) is 71.5 Å². The van der Waals surface area contributed by atoms with Gasteiger partial charge in [-0.2, -0.15) is 0 Å². The lowest BCUT2D eigenvalue weighted by atomic mass is 10.1. The van der Waals surface area contributed by atoms with Gasteiger partial charge in [0.2, 0.25) is 0 Å². The lowest BCUT2D eigenvalue weighted by Gasteiger charge is -2.18. The highest BCUT2D eigenvalue weighted by Gasteiger charge is 2.20. The summed E-state index contributed by atoms with van der Waals surface area (Å²) in [6, 6.07) is 15.0. The normalized spacial score (nSPS) is 12.9. The summed E-state index contributed by atoms with van der Waals surface area (Å²) in [5.41, 5.74) is 1.41. The molecular formula is C20H22FNO3. The molecule has 2 atom stereocenters. The maximum atomic E-state index is 12.9. The summed E-state index contributed by atoms with van der Waals surface area (Å²) in [6.07, 6.45) is 0.720. The number of hydrogen-bond acceptors (Lipinski definition) is 3. The molecule has 0 fully saturated rings. The van der Waals surface area contributed by atoms with Crippen LogP contribution in [0.1, 0.15) is 36.2 Å². The first-order valence-corrected chi connectivity index (χ1v) is 8.26. The van der Waals surface area contributed by atoms with Gasteiger partial charge in [0.25, 0.3) is 5.91 Å². The zero-order valence-corrected chi connectivity index (χ0v) is 14.4. The molecule has 0 radical (unpaired) electrons. The van der Waals surface area contributed by atoms with Crippen LogP contribution in [-0.4, -0.2) is 24.0 Å². The number of halogens is 1. The molecule has 0 aromatic heterocycles. The molecule has 0 aliphatic heterocycles. The summed E-state index contributed by atoms with van der Waals surface area (Å²) in [7, 11) is 0. The van der Waals surface area contributed by atoms with E-state index in [9.17, 15) is 14.0 Å². The fraction of sp³-hybridized carbons (Fsp3) is 0.300. The van der Waals surface area contributed by atoms with E-state index in [2.05, 4.69) is 5.32 Å². The minimum absolute atomic E-state index is 0.0420. The quantitative estimate of drug-likeness (QED) is 0.783. The monoisotopic (exact) mass is 343 g/mol. The van der Waals surface area contributed by atoms with Crippen molar-refractivity contribution in [1.29, 1.82) is 0 Å². The van der Waals surface area contributed by atoms with Gasteiger partial charge in [0.15, 0.2) is 6.10 Å². The van der Waals surface area contributed by atoms with Crippen molar-refractivity contribution in [3.63, 3.8) is 0 Å². The molecule has 4 nitrogen and oxygen atoms in total. The standard InChI is InChI=1S/C20H22FNO3/c1-14(8-9-16-6-4-3-5-7-16)22-19(23)15(2)25-20(24)17-10-12-18(21)13-11-17/h3-7,10-15H,8-9H2,1-2H3,(H,22,23)/t14-,15-/m0/s1. The van der Waals surface area contributed by atoms with Crippen LogP contribution >= 0.6 is 0 Å². The number of aryl methyl sites for hydroxylation is 1. The highest BCUT2D eigenvalue weighted by Crippen LogP contribution is 2.08. The predicted octanol–water partition coefficient (Wildman–Crippen LogP) is 3.51. The van der Waals surface area contributed by atoms with E-state index in [1.165, 1.54) is 36.8 Å². The second kappa shape index (κ2) is 8.97. The molecule has 1 N–H and O–H groups in total. The molecule has 0 saturated heterocycles. The van der Waals surface area contributed by atoms with Gasteiger partial charge < -0.3 is 10.1 Å². The number of nitrogens with one attached hydrogen (secondary N) is 1. The zero-order valence-electron chi connectivity index (χ0n) is 14.4. The Morgan fingerprint density at radius 2 is 1.68 bits per heavy atom. The average Bonchev–Trinajstić information content (AvgIpc) is 2.61. The minimum atomic E-state index is -0.920. The molecule has 2 rings (SSSR count). The molecule has 0 heterocycles. The summed E-state index contributed by atoms with van der Waals surface area (Å²) < 4.78 is 18.0. The van der Waals surface area contributed by atoms with Crippen molar-refractivity contribution in [2.75, 3.05) is 0 Å². The Kier molecular flexibility index (Phi) is 6.69. The van der Waals surface area contributed by atoms with Crippen LogP contribution in [0.3, 0.4) is 0 Å². The second-order valence-corrected chi connectivity index (χ2v) is 5.99. The van der Waals surface area contributed by atoms with Gasteiger partial charge in [-0.15, -0.1) is 0 Å². The molecule has 5 heteroatoms. The van der Waals surface area contributed by atoms with Crippen LogP contribution < -0.4 is 5.32 Å². The largest absolute Gasteiger partial charge is 0.449 e. The van der Waals surface area contributed by atoms with E-state index in [1.54, 1.807) is 0 Å². The van der Waals surface area contributed by atoms with E-state index in [0.29, 0.717) is 0 Å². The number of benzene rings is 2. The van der Waals surface area contributed by atoms with Crippen LogP contribution in [0.5, 0.6) is 0 Å². The topological polar surface area (TPSA) is 55.4 Å². The van der Waals surface area contributed by atoms with Crippen molar-refractivity contribution >= 4 is 11.9 Å². The molecule has 132 valence electrons. The predicted molar refractivity (Wildman–Crippen MR) is 93.6 cm³/mol. The summed E-state index contributed by atoms with van der Waals surface area (Å²) in [4.78, 5) is 24.1. The van der Waals surface area contributed by atoms with Crippen LogP contribution in [0.4, 0.5) is 4.39 Å². The number of carbonyl (C=O) groups excluding carboxylic acids is 2. The Labute approximate surface area is 147 Å². The van der Waals surface area contributed by atoms with Crippen LogP contribution in [0.25, 0.3) is 0 Å². The third kappa shape index (κ3) is 6.03. The molecule has 2 aromatic rings. The molecule has 0 spiro atoms. The first-order chi connectivity index (χ1) is 12.0. The number of esters is 1. The number of ether oxygens (including phenoxy) is 1. The SMILES string of the molecule is C[C@H](OC(=O)c1ccc(F)cc1)C(=O)N[C@@H](C)CCc1ccccc1. The molecule has 1 amide bonds. The van der Waals surface area contributed by atoms with Gasteiger partial charge in [-0.1, -0.05) is 30.3 Å². The summed E-state index contributed by atoms with van der Waals surface area (Å²) >= 11 is 0. The van der Waals surface area contributed by atoms with Crippen molar-refractivity contribution in [1.82, 2.24) is 5.32 Å². The average molecular weight is 343 g/mol. The Morgan fingerprint density at radius 1 is 1.04 bits per heavy atom. The number of carbonyl (C=O) groups is 2. The fourth-order valence-electron chi connectivity index (χ4n) is 2.33. The molecule has 0 bridgehead atoms. The van der Waals surface area contributed by atoms with Gasteiger partial charge in [-0.25, -0.2) is 9.18 Å². The summed E-state index contributed by atoms with van der Waals surface area (Å²) in [5, 5.41) is 2.84. The van der Waals surface area contributed by atoms with Gasteiger partial charge in [0, 0.05) is 6.04 Å². The first kappa shape index (κ1) is 18.6. The second-order valence-electron chi connectivity index (χ2n) is 5.99. The van der Waals surface area contributed by atoms with Crippen LogP contribution in [-0.2, 0) is 16.0 Å². The molecule has 0 aliphatic rings. The van der Waals surface area contributed by atoms with Gasteiger partial charge in [-0.3, -0.25) is 4.79 Å². The molecule has 0 aliphatic carbocycles. The highest BCUT2D eigenvalue weighted by molar-refractivity contribution is 5.92. The summed E-state index contributed by atoms with van der Waals surface area (Å²) in [6.45, 7) is 3.43. The smallest absolute Gasteiger partial charge is 0.338 e. The lowest BCUT2D eigenvalue weighted by Crippen LogP contribution is -2.41.